The Morgan fingerprint density at radius 2 is 1.69 bits per heavy atom. The minimum atomic E-state index is -0.971. The molecule has 0 aromatic carbocycles. The van der Waals surface area contributed by atoms with E-state index >= 15 is 0 Å². The monoisotopic (exact) mass is 304 g/mol. The Morgan fingerprint density at radius 1 is 1.19 bits per heavy atom. The van der Waals surface area contributed by atoms with Crippen molar-refractivity contribution < 1.29 is 42.6 Å². The normalized spacial score (nSPS) is 31.9. The van der Waals surface area contributed by atoms with E-state index in [0.717, 1.165) is 12.8 Å². The molecule has 0 saturated carbocycles. The second-order valence-electron chi connectivity index (χ2n) is 5.50. The first-order chi connectivity index (χ1) is 6.80. The average Bonchev–Trinajstić information content (AvgIpc) is 2.15. The summed E-state index contributed by atoms with van der Waals surface area (Å²) in [5.74, 6) is -0.971. The van der Waals surface area contributed by atoms with Crippen LogP contribution in [-0.4, -0.2) is 29.1 Å². The van der Waals surface area contributed by atoms with Gasteiger partial charge in [0.1, 0.15) is 0 Å². The molecule has 0 spiro atoms. The molecule has 1 saturated heterocycles. The molecule has 1 rings (SSSR count). The number of piperidine rings is 1. The van der Waals surface area contributed by atoms with Crippen LogP contribution in [-0.2, 0) is 37.4 Å². The molecule has 1 fully saturated rings. The van der Waals surface area contributed by atoms with Crippen molar-refractivity contribution in [1.82, 2.24) is 5.32 Å². The molecule has 1 radical (unpaired) electrons. The molecule has 1 aliphatic rings. The van der Waals surface area contributed by atoms with E-state index in [4.69, 9.17) is 4.74 Å². The quantitative estimate of drug-likeness (QED) is 0.784. The predicted octanol–water partition coefficient (Wildman–Crippen LogP) is 2.04. The van der Waals surface area contributed by atoms with Crippen LogP contribution in [0.15, 0.2) is 0 Å². The van der Waals surface area contributed by atoms with Crippen molar-refractivity contribution in [1.29, 1.82) is 0 Å². The summed E-state index contributed by atoms with van der Waals surface area (Å²) in [5, 5.41) is 14.0. The van der Waals surface area contributed by atoms with E-state index in [0.29, 0.717) is 12.8 Å². The van der Waals surface area contributed by atoms with E-state index in [1.54, 1.807) is 7.11 Å². The molecule has 16 heavy (non-hydrogen) atoms. The molecular weight excluding hydrogens is 279 g/mol. The fourth-order valence-electron chi connectivity index (χ4n) is 2.91. The number of hydrogen-bond acceptors (Lipinski definition) is 3. The first kappa shape index (κ1) is 17.0. The summed E-state index contributed by atoms with van der Waals surface area (Å²) in [4.78, 5) is 0. The van der Waals surface area contributed by atoms with Crippen LogP contribution in [0.5, 0.6) is 0 Å². The van der Waals surface area contributed by atoms with Gasteiger partial charge in [0, 0.05) is 63.7 Å². The Kier molecular flexibility index (Phi) is 6.10. The molecule has 3 nitrogen and oxygen atoms in total. The second kappa shape index (κ2) is 5.75. The minimum Gasteiger partial charge on any atom is -0.365 e. The number of methoxy groups -OCH3 is 1. The third kappa shape index (κ3) is 3.74. The van der Waals surface area contributed by atoms with Crippen molar-refractivity contribution in [2.45, 2.75) is 70.2 Å². The smallest absolute Gasteiger partial charge is 0.168 e. The third-order valence-electron chi connectivity index (χ3n) is 3.67. The molecule has 4 heteroatoms. The van der Waals surface area contributed by atoms with E-state index < -0.39 is 5.79 Å². The van der Waals surface area contributed by atoms with Gasteiger partial charge in [-0.25, -0.2) is 0 Å². The zero-order valence-corrected chi connectivity index (χ0v) is 14.1. The van der Waals surface area contributed by atoms with Crippen molar-refractivity contribution >= 4 is 0 Å². The molecule has 0 aromatic heterocycles. The Balaban J connectivity index is 0.00000225. The van der Waals surface area contributed by atoms with Gasteiger partial charge in [0.15, 0.2) is 5.79 Å². The molecule has 1 unspecified atom stereocenters. The van der Waals surface area contributed by atoms with Crippen LogP contribution in [0.2, 0.25) is 0 Å². The molecule has 0 aromatic rings. The van der Waals surface area contributed by atoms with Gasteiger partial charge in [0.05, 0.1) is 0 Å². The SMILES string of the molecule is CCC1(CC)CC(O)(OC)CC(C)(C)N1.[Y]. The predicted molar refractivity (Wildman–Crippen MR) is 61.7 cm³/mol. The Labute approximate surface area is 125 Å². The standard InChI is InChI=1S/C12H25NO2.Y/c1-6-11(7-2)9-12(14,15-5)8-10(3,4)13-11;/h13-14H,6-9H2,1-5H3;. The van der Waals surface area contributed by atoms with E-state index in [1.807, 2.05) is 0 Å². The van der Waals surface area contributed by atoms with Crippen LogP contribution in [0.25, 0.3) is 0 Å². The fraction of sp³-hybridized carbons (Fsp3) is 1.00. The maximum absolute atomic E-state index is 10.4. The van der Waals surface area contributed by atoms with E-state index in [9.17, 15) is 5.11 Å². The van der Waals surface area contributed by atoms with Crippen molar-refractivity contribution in [2.24, 2.45) is 0 Å². The molecule has 1 atom stereocenters. The summed E-state index contributed by atoms with van der Waals surface area (Å²) in [5.41, 5.74) is -0.0679. The van der Waals surface area contributed by atoms with Gasteiger partial charge in [-0.05, 0) is 26.7 Å². The Morgan fingerprint density at radius 3 is 2.06 bits per heavy atom. The van der Waals surface area contributed by atoms with Crippen LogP contribution in [0.4, 0.5) is 0 Å². The molecule has 1 aliphatic heterocycles. The topological polar surface area (TPSA) is 41.5 Å². The molecule has 93 valence electrons. The van der Waals surface area contributed by atoms with Crippen LogP contribution in [0, 0.1) is 0 Å². The maximum atomic E-state index is 10.4. The van der Waals surface area contributed by atoms with Crippen molar-refractivity contribution in [3.63, 3.8) is 0 Å². The molecule has 0 aliphatic carbocycles. The first-order valence-electron chi connectivity index (χ1n) is 5.87. The summed E-state index contributed by atoms with van der Waals surface area (Å²) >= 11 is 0. The summed E-state index contributed by atoms with van der Waals surface area (Å²) in [7, 11) is 1.59. The van der Waals surface area contributed by atoms with Gasteiger partial charge in [-0.3, -0.25) is 0 Å². The number of nitrogens with one attached hydrogen (secondary N) is 1. The van der Waals surface area contributed by atoms with Gasteiger partial charge in [-0.1, -0.05) is 13.8 Å². The van der Waals surface area contributed by atoms with Crippen molar-refractivity contribution in [3.05, 3.63) is 0 Å². The third-order valence-corrected chi connectivity index (χ3v) is 3.67. The summed E-state index contributed by atoms with van der Waals surface area (Å²) < 4.78 is 5.29. The van der Waals surface area contributed by atoms with Gasteiger partial charge < -0.3 is 15.2 Å². The number of ether oxygens (including phenoxy) is 1. The zero-order valence-electron chi connectivity index (χ0n) is 11.3. The molecular formula is C12H25NO2Y. The summed E-state index contributed by atoms with van der Waals surface area (Å²) in [6.45, 7) is 8.56. The Hall–Kier alpha value is 0.984. The molecule has 2 N–H and O–H groups in total. The molecule has 1 heterocycles. The summed E-state index contributed by atoms with van der Waals surface area (Å²) in [6.07, 6.45) is 3.34. The number of aliphatic hydroxyl groups is 1. The van der Waals surface area contributed by atoms with E-state index in [1.165, 1.54) is 0 Å². The summed E-state index contributed by atoms with van der Waals surface area (Å²) in [6, 6.07) is 0. The van der Waals surface area contributed by atoms with E-state index in [2.05, 4.69) is 33.0 Å². The first-order valence-corrected chi connectivity index (χ1v) is 5.87. The minimum absolute atomic E-state index is 0. The molecule has 0 bridgehead atoms. The Bertz CT molecular complexity index is 229. The van der Waals surface area contributed by atoms with Crippen LogP contribution < -0.4 is 5.32 Å². The second-order valence-corrected chi connectivity index (χ2v) is 5.50. The maximum Gasteiger partial charge on any atom is 0.168 e. The van der Waals surface area contributed by atoms with E-state index in [-0.39, 0.29) is 43.8 Å². The van der Waals surface area contributed by atoms with Gasteiger partial charge in [-0.2, -0.15) is 0 Å². The van der Waals surface area contributed by atoms with Gasteiger partial charge >= 0.3 is 0 Å². The van der Waals surface area contributed by atoms with Crippen LogP contribution in [0.3, 0.4) is 0 Å². The number of hydrogen-bond donors (Lipinski definition) is 2. The molecule has 0 amide bonds. The fourth-order valence-corrected chi connectivity index (χ4v) is 2.91. The van der Waals surface area contributed by atoms with Crippen LogP contribution in [0.1, 0.15) is 53.4 Å². The number of rotatable bonds is 3. The average molecular weight is 304 g/mol. The van der Waals surface area contributed by atoms with Crippen molar-refractivity contribution in [3.8, 4) is 0 Å². The zero-order chi connectivity index (χ0) is 11.7. The van der Waals surface area contributed by atoms with Gasteiger partial charge in [0.25, 0.3) is 0 Å². The van der Waals surface area contributed by atoms with Crippen LogP contribution >= 0.6 is 0 Å². The largest absolute Gasteiger partial charge is 0.365 e. The van der Waals surface area contributed by atoms with Gasteiger partial charge in [0.2, 0.25) is 0 Å². The van der Waals surface area contributed by atoms with Crippen molar-refractivity contribution in [2.75, 3.05) is 7.11 Å². The van der Waals surface area contributed by atoms with Gasteiger partial charge in [-0.15, -0.1) is 0 Å².